The van der Waals surface area contributed by atoms with Crippen molar-refractivity contribution in [2.45, 2.75) is 26.0 Å². The van der Waals surface area contributed by atoms with Crippen molar-refractivity contribution in [3.05, 3.63) is 54.0 Å². The molecule has 1 aromatic carbocycles. The van der Waals surface area contributed by atoms with E-state index >= 15 is 0 Å². The molecule has 0 amide bonds. The molecule has 0 fully saturated rings. The van der Waals surface area contributed by atoms with Crippen LogP contribution in [0.4, 0.5) is 5.69 Å². The van der Waals surface area contributed by atoms with Gasteiger partial charge in [0.15, 0.2) is 0 Å². The minimum absolute atomic E-state index is 0.328. The summed E-state index contributed by atoms with van der Waals surface area (Å²) in [6.45, 7) is 2.79. The summed E-state index contributed by atoms with van der Waals surface area (Å²) in [6.07, 6.45) is 2.59. The molecule has 0 spiro atoms. The molecular weight excluding hydrogens is 226 g/mol. The SMILES string of the molecule is COCc1cccc(NC(C)Cc2ccco2)c1. The fraction of sp³-hybridized carbons (Fsp3) is 0.333. The van der Waals surface area contributed by atoms with Crippen molar-refractivity contribution >= 4 is 5.69 Å². The van der Waals surface area contributed by atoms with Gasteiger partial charge in [-0.15, -0.1) is 0 Å². The number of anilines is 1. The first-order valence-corrected chi connectivity index (χ1v) is 6.14. The second kappa shape index (κ2) is 6.26. The van der Waals surface area contributed by atoms with Crippen molar-refractivity contribution < 1.29 is 9.15 Å². The maximum absolute atomic E-state index is 5.34. The normalized spacial score (nSPS) is 12.3. The lowest BCUT2D eigenvalue weighted by molar-refractivity contribution is 0.185. The molecule has 0 aliphatic carbocycles. The van der Waals surface area contributed by atoms with Gasteiger partial charge in [-0.25, -0.2) is 0 Å². The van der Waals surface area contributed by atoms with Crippen molar-refractivity contribution in [2.75, 3.05) is 12.4 Å². The van der Waals surface area contributed by atoms with Gasteiger partial charge in [-0.2, -0.15) is 0 Å². The first-order chi connectivity index (χ1) is 8.78. The van der Waals surface area contributed by atoms with Gasteiger partial charge in [-0.1, -0.05) is 12.1 Å². The van der Waals surface area contributed by atoms with Crippen LogP contribution in [0, 0.1) is 0 Å². The van der Waals surface area contributed by atoms with E-state index in [4.69, 9.17) is 9.15 Å². The highest BCUT2D eigenvalue weighted by Crippen LogP contribution is 2.14. The Morgan fingerprint density at radius 3 is 2.89 bits per heavy atom. The Morgan fingerprint density at radius 2 is 2.17 bits per heavy atom. The molecule has 3 heteroatoms. The minimum atomic E-state index is 0.328. The number of furan rings is 1. The maximum Gasteiger partial charge on any atom is 0.105 e. The van der Waals surface area contributed by atoms with Crippen LogP contribution in [0.1, 0.15) is 18.2 Å². The third-order valence-electron chi connectivity index (χ3n) is 2.74. The lowest BCUT2D eigenvalue weighted by Gasteiger charge is -2.14. The Balaban J connectivity index is 1.93. The molecule has 0 aliphatic heterocycles. The fourth-order valence-electron chi connectivity index (χ4n) is 1.98. The van der Waals surface area contributed by atoms with Gasteiger partial charge in [0, 0.05) is 25.3 Å². The van der Waals surface area contributed by atoms with E-state index in [9.17, 15) is 0 Å². The van der Waals surface area contributed by atoms with Crippen molar-refractivity contribution in [1.29, 1.82) is 0 Å². The summed E-state index contributed by atoms with van der Waals surface area (Å²) < 4.78 is 10.5. The van der Waals surface area contributed by atoms with Crippen LogP contribution in [0.15, 0.2) is 47.1 Å². The summed E-state index contributed by atoms with van der Waals surface area (Å²) in [4.78, 5) is 0. The van der Waals surface area contributed by atoms with Crippen LogP contribution in [-0.4, -0.2) is 13.2 Å². The van der Waals surface area contributed by atoms with Crippen LogP contribution in [0.2, 0.25) is 0 Å². The second-order valence-corrected chi connectivity index (χ2v) is 4.46. The van der Waals surface area contributed by atoms with E-state index in [0.29, 0.717) is 12.6 Å². The lowest BCUT2D eigenvalue weighted by atomic mass is 10.1. The molecule has 2 aromatic rings. The highest BCUT2D eigenvalue weighted by atomic mass is 16.5. The molecule has 0 bridgehead atoms. The maximum atomic E-state index is 5.34. The van der Waals surface area contributed by atoms with Crippen LogP contribution < -0.4 is 5.32 Å². The number of rotatable bonds is 6. The van der Waals surface area contributed by atoms with E-state index < -0.39 is 0 Å². The van der Waals surface area contributed by atoms with E-state index in [2.05, 4.69) is 30.4 Å². The molecule has 3 nitrogen and oxygen atoms in total. The van der Waals surface area contributed by atoms with Crippen molar-refractivity contribution in [2.24, 2.45) is 0 Å². The van der Waals surface area contributed by atoms with E-state index in [-0.39, 0.29) is 0 Å². The summed E-state index contributed by atoms with van der Waals surface area (Å²) in [5, 5.41) is 3.46. The minimum Gasteiger partial charge on any atom is -0.469 e. The topological polar surface area (TPSA) is 34.4 Å². The summed E-state index contributed by atoms with van der Waals surface area (Å²) >= 11 is 0. The number of methoxy groups -OCH3 is 1. The monoisotopic (exact) mass is 245 g/mol. The molecule has 0 saturated carbocycles. The van der Waals surface area contributed by atoms with Crippen LogP contribution in [0.3, 0.4) is 0 Å². The van der Waals surface area contributed by atoms with Crippen molar-refractivity contribution in [3.63, 3.8) is 0 Å². The van der Waals surface area contributed by atoms with Gasteiger partial charge in [0.25, 0.3) is 0 Å². The Hall–Kier alpha value is -1.74. The number of hydrogen-bond donors (Lipinski definition) is 1. The summed E-state index contributed by atoms with van der Waals surface area (Å²) in [7, 11) is 1.71. The second-order valence-electron chi connectivity index (χ2n) is 4.46. The van der Waals surface area contributed by atoms with Gasteiger partial charge in [-0.3, -0.25) is 0 Å². The van der Waals surface area contributed by atoms with Crippen LogP contribution in [-0.2, 0) is 17.8 Å². The van der Waals surface area contributed by atoms with Gasteiger partial charge >= 0.3 is 0 Å². The van der Waals surface area contributed by atoms with Crippen LogP contribution >= 0.6 is 0 Å². The van der Waals surface area contributed by atoms with E-state index in [0.717, 1.165) is 17.9 Å². The average Bonchev–Trinajstić information content (AvgIpc) is 2.82. The Kier molecular flexibility index (Phi) is 4.42. The smallest absolute Gasteiger partial charge is 0.105 e. The molecular formula is C15H19NO2. The van der Waals surface area contributed by atoms with Crippen molar-refractivity contribution in [3.8, 4) is 0 Å². The molecule has 1 N–H and O–H groups in total. The average molecular weight is 245 g/mol. The summed E-state index contributed by atoms with van der Waals surface area (Å²) in [6, 6.07) is 12.5. The third kappa shape index (κ3) is 3.64. The van der Waals surface area contributed by atoms with Crippen LogP contribution in [0.5, 0.6) is 0 Å². The summed E-state index contributed by atoms with van der Waals surface area (Å²) in [5.74, 6) is 1.00. The number of benzene rings is 1. The number of hydrogen-bond acceptors (Lipinski definition) is 3. The van der Waals surface area contributed by atoms with Gasteiger partial charge in [0.2, 0.25) is 0 Å². The molecule has 1 heterocycles. The van der Waals surface area contributed by atoms with E-state index in [1.54, 1.807) is 13.4 Å². The van der Waals surface area contributed by atoms with E-state index in [1.807, 2.05) is 18.2 Å². The standard InChI is InChI=1S/C15H19NO2/c1-12(9-15-7-4-8-18-15)16-14-6-3-5-13(10-14)11-17-2/h3-8,10,12,16H,9,11H2,1-2H3. The third-order valence-corrected chi connectivity index (χ3v) is 2.74. The molecule has 0 radical (unpaired) electrons. The molecule has 18 heavy (non-hydrogen) atoms. The predicted molar refractivity (Wildman–Crippen MR) is 72.7 cm³/mol. The van der Waals surface area contributed by atoms with Gasteiger partial charge in [0.05, 0.1) is 12.9 Å². The van der Waals surface area contributed by atoms with Crippen LogP contribution in [0.25, 0.3) is 0 Å². The first-order valence-electron chi connectivity index (χ1n) is 6.14. The fourth-order valence-corrected chi connectivity index (χ4v) is 1.98. The zero-order valence-corrected chi connectivity index (χ0v) is 10.8. The Morgan fingerprint density at radius 1 is 1.28 bits per heavy atom. The molecule has 1 unspecified atom stereocenters. The van der Waals surface area contributed by atoms with Crippen molar-refractivity contribution in [1.82, 2.24) is 0 Å². The van der Waals surface area contributed by atoms with Gasteiger partial charge in [-0.05, 0) is 36.8 Å². The van der Waals surface area contributed by atoms with E-state index in [1.165, 1.54) is 5.56 Å². The molecule has 2 rings (SSSR count). The highest BCUT2D eigenvalue weighted by Gasteiger charge is 2.05. The summed E-state index contributed by atoms with van der Waals surface area (Å²) in [5.41, 5.74) is 2.29. The Labute approximate surface area is 108 Å². The number of nitrogens with one attached hydrogen (secondary N) is 1. The highest BCUT2D eigenvalue weighted by molar-refractivity contribution is 5.46. The number of ether oxygens (including phenoxy) is 1. The molecule has 96 valence electrons. The van der Waals surface area contributed by atoms with Gasteiger partial charge in [0.1, 0.15) is 5.76 Å². The molecule has 0 aliphatic rings. The predicted octanol–water partition coefficient (Wildman–Crippen LogP) is 3.47. The largest absolute Gasteiger partial charge is 0.469 e. The first kappa shape index (κ1) is 12.7. The zero-order chi connectivity index (χ0) is 12.8. The molecule has 0 saturated heterocycles. The Bertz CT molecular complexity index is 465. The zero-order valence-electron chi connectivity index (χ0n) is 10.8. The lowest BCUT2D eigenvalue weighted by Crippen LogP contribution is -2.17. The molecule has 1 aromatic heterocycles. The molecule has 1 atom stereocenters. The van der Waals surface area contributed by atoms with Gasteiger partial charge < -0.3 is 14.5 Å². The quantitative estimate of drug-likeness (QED) is 0.846.